The summed E-state index contributed by atoms with van der Waals surface area (Å²) in [6.45, 7) is 3.30. The Morgan fingerprint density at radius 2 is 2.04 bits per heavy atom. The van der Waals surface area contributed by atoms with E-state index >= 15 is 0 Å². The normalized spacial score (nSPS) is 16.7. The Labute approximate surface area is 146 Å². The molecule has 0 aromatic heterocycles. The van der Waals surface area contributed by atoms with E-state index in [1.54, 1.807) is 12.1 Å². The molecule has 2 aromatic rings. The molecular weight excluding hydrogens is 320 g/mol. The summed E-state index contributed by atoms with van der Waals surface area (Å²) in [5, 5.41) is 11.5. The molecule has 3 rings (SSSR count). The molecule has 1 atom stereocenters. The van der Waals surface area contributed by atoms with Crippen molar-refractivity contribution in [3.8, 4) is 5.75 Å². The number of ether oxygens (including phenoxy) is 1. The molecule has 0 bridgehead atoms. The van der Waals surface area contributed by atoms with Crippen molar-refractivity contribution in [3.05, 3.63) is 63.7 Å². The Bertz CT molecular complexity index is 773. The van der Waals surface area contributed by atoms with Crippen LogP contribution in [0.15, 0.2) is 42.5 Å². The Morgan fingerprint density at radius 1 is 1.28 bits per heavy atom. The lowest BCUT2D eigenvalue weighted by Crippen LogP contribution is -2.23. The van der Waals surface area contributed by atoms with Crippen LogP contribution in [0.5, 0.6) is 5.75 Å². The van der Waals surface area contributed by atoms with Gasteiger partial charge in [0, 0.05) is 18.2 Å². The summed E-state index contributed by atoms with van der Waals surface area (Å²) >= 11 is 0. The molecule has 0 saturated carbocycles. The lowest BCUT2D eigenvalue weighted by Gasteiger charge is -2.27. The molecule has 1 saturated heterocycles. The van der Waals surface area contributed by atoms with Crippen LogP contribution in [0.1, 0.15) is 41.7 Å². The van der Waals surface area contributed by atoms with Gasteiger partial charge in [0.05, 0.1) is 17.6 Å². The van der Waals surface area contributed by atoms with E-state index < -0.39 is 4.92 Å². The molecule has 0 amide bonds. The van der Waals surface area contributed by atoms with E-state index in [9.17, 15) is 14.9 Å². The summed E-state index contributed by atoms with van der Waals surface area (Å²) in [6, 6.07) is 12.6. The van der Waals surface area contributed by atoms with E-state index in [2.05, 4.69) is 4.90 Å². The number of hydrogen-bond acceptors (Lipinski definition) is 5. The van der Waals surface area contributed by atoms with E-state index in [1.165, 1.54) is 6.07 Å². The van der Waals surface area contributed by atoms with Crippen LogP contribution in [0.4, 0.5) is 11.4 Å². The summed E-state index contributed by atoms with van der Waals surface area (Å²) in [7, 11) is 0. The van der Waals surface area contributed by atoms with E-state index in [0.717, 1.165) is 30.7 Å². The van der Waals surface area contributed by atoms with Gasteiger partial charge in [0.2, 0.25) is 0 Å². The van der Waals surface area contributed by atoms with Crippen LogP contribution in [0.2, 0.25) is 0 Å². The fraction of sp³-hybridized carbons (Fsp3) is 0.316. The number of nitrogens with zero attached hydrogens (tertiary/aromatic N) is 2. The molecule has 25 heavy (non-hydrogen) atoms. The number of carbonyl (C=O) groups is 1. The molecule has 1 fully saturated rings. The number of hydrogen-bond donors (Lipinski definition) is 0. The zero-order chi connectivity index (χ0) is 17.8. The van der Waals surface area contributed by atoms with Gasteiger partial charge in [-0.25, -0.2) is 0 Å². The van der Waals surface area contributed by atoms with Gasteiger partial charge < -0.3 is 9.64 Å². The van der Waals surface area contributed by atoms with Crippen LogP contribution >= 0.6 is 0 Å². The van der Waals surface area contributed by atoms with E-state index in [1.807, 2.05) is 31.2 Å². The van der Waals surface area contributed by atoms with Crippen LogP contribution in [0, 0.1) is 10.1 Å². The number of benzene rings is 2. The van der Waals surface area contributed by atoms with E-state index in [4.69, 9.17) is 4.74 Å². The standard InChI is InChI=1S/C19H20N2O4/c1-2-25-16-8-6-15(7-9-16)17-4-3-11-20(17)18-10-5-14(13-22)12-19(18)21(23)24/h5-10,12-13,17H,2-4,11H2,1H3/t17-/m0/s1. The third kappa shape index (κ3) is 3.47. The maximum absolute atomic E-state index is 11.5. The average molecular weight is 340 g/mol. The van der Waals surface area contributed by atoms with Gasteiger partial charge >= 0.3 is 0 Å². The monoisotopic (exact) mass is 340 g/mol. The lowest BCUT2D eigenvalue weighted by atomic mass is 10.0. The highest BCUT2D eigenvalue weighted by Gasteiger charge is 2.31. The van der Waals surface area contributed by atoms with Gasteiger partial charge in [-0.1, -0.05) is 12.1 Å². The van der Waals surface area contributed by atoms with Crippen LogP contribution < -0.4 is 9.64 Å². The van der Waals surface area contributed by atoms with Crippen molar-refractivity contribution < 1.29 is 14.5 Å². The van der Waals surface area contributed by atoms with Crippen molar-refractivity contribution in [1.29, 1.82) is 0 Å². The first-order chi connectivity index (χ1) is 12.1. The second kappa shape index (κ2) is 7.34. The van der Waals surface area contributed by atoms with Crippen LogP contribution in [-0.4, -0.2) is 24.4 Å². The summed E-state index contributed by atoms with van der Waals surface area (Å²) in [5.41, 5.74) is 1.96. The number of rotatable bonds is 6. The van der Waals surface area contributed by atoms with Gasteiger partial charge in [0.1, 0.15) is 17.7 Å². The third-order valence-electron chi connectivity index (χ3n) is 4.47. The smallest absolute Gasteiger partial charge is 0.293 e. The number of nitro benzene ring substituents is 1. The van der Waals surface area contributed by atoms with Crippen LogP contribution in [-0.2, 0) is 0 Å². The van der Waals surface area contributed by atoms with Crippen LogP contribution in [0.25, 0.3) is 0 Å². The minimum atomic E-state index is -0.421. The molecule has 2 aromatic carbocycles. The quantitative estimate of drug-likeness (QED) is 0.449. The predicted molar refractivity (Wildman–Crippen MR) is 95.4 cm³/mol. The molecular formula is C19H20N2O4. The molecule has 0 radical (unpaired) electrons. The maximum Gasteiger partial charge on any atom is 0.293 e. The molecule has 1 aliphatic rings. The fourth-order valence-electron chi connectivity index (χ4n) is 3.36. The highest BCUT2D eigenvalue weighted by molar-refractivity contribution is 5.80. The van der Waals surface area contributed by atoms with Gasteiger partial charge in [0.25, 0.3) is 5.69 Å². The van der Waals surface area contributed by atoms with E-state index in [-0.39, 0.29) is 11.7 Å². The molecule has 0 aliphatic carbocycles. The first kappa shape index (κ1) is 17.0. The summed E-state index contributed by atoms with van der Waals surface area (Å²) in [4.78, 5) is 24.0. The molecule has 0 unspecified atom stereocenters. The number of carbonyl (C=O) groups excluding carboxylic acids is 1. The Hall–Kier alpha value is -2.89. The van der Waals surface area contributed by atoms with Gasteiger partial charge in [-0.15, -0.1) is 0 Å². The lowest BCUT2D eigenvalue weighted by molar-refractivity contribution is -0.384. The van der Waals surface area contributed by atoms with Crippen molar-refractivity contribution in [3.63, 3.8) is 0 Å². The first-order valence-electron chi connectivity index (χ1n) is 8.37. The third-order valence-corrected chi connectivity index (χ3v) is 4.47. The van der Waals surface area contributed by atoms with Gasteiger partial charge in [-0.05, 0) is 49.6 Å². The second-order valence-corrected chi connectivity index (χ2v) is 5.98. The van der Waals surface area contributed by atoms with Crippen molar-refractivity contribution in [2.45, 2.75) is 25.8 Å². The van der Waals surface area contributed by atoms with Crippen molar-refractivity contribution in [1.82, 2.24) is 0 Å². The highest BCUT2D eigenvalue weighted by atomic mass is 16.6. The second-order valence-electron chi connectivity index (χ2n) is 5.98. The average Bonchev–Trinajstić information content (AvgIpc) is 3.11. The summed E-state index contributed by atoms with van der Waals surface area (Å²) in [6.07, 6.45) is 2.52. The fourth-order valence-corrected chi connectivity index (χ4v) is 3.36. The van der Waals surface area contributed by atoms with Crippen molar-refractivity contribution in [2.75, 3.05) is 18.1 Å². The first-order valence-corrected chi connectivity index (χ1v) is 8.37. The Morgan fingerprint density at radius 3 is 2.68 bits per heavy atom. The van der Waals surface area contributed by atoms with Gasteiger partial charge in [-0.3, -0.25) is 14.9 Å². The predicted octanol–water partition coefficient (Wildman–Crippen LogP) is 4.15. The number of aldehydes is 1. The van der Waals surface area contributed by atoms with Gasteiger partial charge in [0.15, 0.2) is 0 Å². The number of anilines is 1. The summed E-state index contributed by atoms with van der Waals surface area (Å²) < 4.78 is 5.48. The Balaban J connectivity index is 1.94. The minimum Gasteiger partial charge on any atom is -0.494 e. The molecule has 130 valence electrons. The van der Waals surface area contributed by atoms with Gasteiger partial charge in [-0.2, -0.15) is 0 Å². The molecule has 6 heteroatoms. The molecule has 0 spiro atoms. The topological polar surface area (TPSA) is 72.7 Å². The zero-order valence-electron chi connectivity index (χ0n) is 14.1. The molecule has 6 nitrogen and oxygen atoms in total. The highest BCUT2D eigenvalue weighted by Crippen LogP contribution is 2.40. The summed E-state index contributed by atoms with van der Waals surface area (Å²) in [5.74, 6) is 0.817. The van der Waals surface area contributed by atoms with Crippen molar-refractivity contribution in [2.24, 2.45) is 0 Å². The maximum atomic E-state index is 11.5. The molecule has 0 N–H and O–H groups in total. The van der Waals surface area contributed by atoms with E-state index in [0.29, 0.717) is 24.1 Å². The van der Waals surface area contributed by atoms with Crippen molar-refractivity contribution >= 4 is 17.7 Å². The largest absolute Gasteiger partial charge is 0.494 e. The Kier molecular flexibility index (Phi) is 4.97. The number of nitro groups is 1. The molecule has 1 aliphatic heterocycles. The van der Waals surface area contributed by atoms with Crippen LogP contribution in [0.3, 0.4) is 0 Å². The molecule has 1 heterocycles. The zero-order valence-corrected chi connectivity index (χ0v) is 14.1. The SMILES string of the molecule is CCOc1ccc([C@@H]2CCCN2c2ccc(C=O)cc2[N+](=O)[O-])cc1. The minimum absolute atomic E-state index is 0.0255.